The third-order valence-electron chi connectivity index (χ3n) is 3.38. The van der Waals surface area contributed by atoms with Crippen LogP contribution in [0, 0.1) is 0 Å². The molecule has 0 aromatic heterocycles. The average molecular weight is 458 g/mol. The summed E-state index contributed by atoms with van der Waals surface area (Å²) in [5, 5.41) is 6.66. The Morgan fingerprint density at radius 3 is 2.42 bits per heavy atom. The van der Waals surface area contributed by atoms with Gasteiger partial charge in [0, 0.05) is 59.7 Å². The summed E-state index contributed by atoms with van der Waals surface area (Å²) in [4.78, 5) is 6.88. The van der Waals surface area contributed by atoms with E-state index in [4.69, 9.17) is 9.47 Å². The lowest BCUT2D eigenvalue weighted by Gasteiger charge is -2.18. The van der Waals surface area contributed by atoms with Crippen LogP contribution in [-0.4, -0.2) is 77.6 Å². The molecule has 7 heteroatoms. The predicted molar refractivity (Wildman–Crippen MR) is 114 cm³/mol. The fourth-order valence-corrected chi connectivity index (χ4v) is 2.00. The summed E-state index contributed by atoms with van der Waals surface area (Å²) in [6.45, 7) is 11.4. The molecule has 0 spiro atoms. The number of halogens is 1. The fraction of sp³-hybridized carbons (Fsp3) is 0.941. The fourth-order valence-electron chi connectivity index (χ4n) is 2.00. The smallest absolute Gasteiger partial charge is 0.191 e. The molecule has 24 heavy (non-hydrogen) atoms. The summed E-state index contributed by atoms with van der Waals surface area (Å²) >= 11 is 0. The SMILES string of the molecule is CCCCOCCCN=C(NCC)NCCN(C)CCCOC.I. The molecule has 0 aromatic carbocycles. The zero-order chi connectivity index (χ0) is 17.2. The van der Waals surface area contributed by atoms with Gasteiger partial charge in [0.2, 0.25) is 0 Å². The summed E-state index contributed by atoms with van der Waals surface area (Å²) in [6, 6.07) is 0. The number of likely N-dealkylation sites (N-methyl/N-ethyl adjacent to an activating group) is 1. The normalized spacial score (nSPS) is 11.5. The van der Waals surface area contributed by atoms with E-state index in [0.29, 0.717) is 0 Å². The number of unbranched alkanes of at least 4 members (excludes halogenated alkanes) is 1. The number of hydrogen-bond donors (Lipinski definition) is 2. The molecule has 0 saturated carbocycles. The molecule has 6 nitrogen and oxygen atoms in total. The van der Waals surface area contributed by atoms with Crippen molar-refractivity contribution >= 4 is 29.9 Å². The molecule has 0 radical (unpaired) electrons. The van der Waals surface area contributed by atoms with Crippen LogP contribution in [0.4, 0.5) is 0 Å². The molecule has 2 N–H and O–H groups in total. The van der Waals surface area contributed by atoms with Crippen molar-refractivity contribution in [1.82, 2.24) is 15.5 Å². The molecule has 0 saturated heterocycles. The molecule has 0 rings (SSSR count). The highest BCUT2D eigenvalue weighted by Gasteiger charge is 2.00. The molecule has 146 valence electrons. The lowest BCUT2D eigenvalue weighted by atomic mass is 10.4. The monoisotopic (exact) mass is 458 g/mol. The van der Waals surface area contributed by atoms with Crippen LogP contribution in [0.15, 0.2) is 4.99 Å². The second kappa shape index (κ2) is 20.9. The summed E-state index contributed by atoms with van der Waals surface area (Å²) in [6.07, 6.45) is 4.37. The first-order chi connectivity index (χ1) is 11.2. The van der Waals surface area contributed by atoms with Gasteiger partial charge >= 0.3 is 0 Å². The van der Waals surface area contributed by atoms with Gasteiger partial charge in [0.1, 0.15) is 0 Å². The van der Waals surface area contributed by atoms with Crippen molar-refractivity contribution in [2.75, 3.05) is 66.7 Å². The molecular formula is C17H39IN4O2. The third-order valence-corrected chi connectivity index (χ3v) is 3.38. The summed E-state index contributed by atoms with van der Waals surface area (Å²) in [5.41, 5.74) is 0. The van der Waals surface area contributed by atoms with Crippen LogP contribution in [0.2, 0.25) is 0 Å². The predicted octanol–water partition coefficient (Wildman–Crippen LogP) is 2.33. The minimum absolute atomic E-state index is 0. The van der Waals surface area contributed by atoms with Crippen LogP contribution >= 0.6 is 24.0 Å². The molecule has 0 atom stereocenters. The quantitative estimate of drug-likeness (QED) is 0.171. The van der Waals surface area contributed by atoms with E-state index in [1.165, 1.54) is 6.42 Å². The topological polar surface area (TPSA) is 58.1 Å². The Hall–Kier alpha value is -0.120. The highest BCUT2D eigenvalue weighted by atomic mass is 127. The Kier molecular flexibility index (Phi) is 22.8. The van der Waals surface area contributed by atoms with Gasteiger partial charge in [-0.25, -0.2) is 0 Å². The summed E-state index contributed by atoms with van der Waals surface area (Å²) < 4.78 is 10.6. The largest absolute Gasteiger partial charge is 0.385 e. The first kappa shape index (κ1) is 26.1. The second-order valence-electron chi connectivity index (χ2n) is 5.66. The van der Waals surface area contributed by atoms with Crippen molar-refractivity contribution < 1.29 is 9.47 Å². The number of methoxy groups -OCH3 is 1. The van der Waals surface area contributed by atoms with Gasteiger partial charge in [0.15, 0.2) is 5.96 Å². The highest BCUT2D eigenvalue weighted by Crippen LogP contribution is 1.91. The highest BCUT2D eigenvalue weighted by molar-refractivity contribution is 14.0. The molecule has 0 aliphatic heterocycles. The summed E-state index contributed by atoms with van der Waals surface area (Å²) in [5.74, 6) is 0.895. The molecule has 0 heterocycles. The van der Waals surface area contributed by atoms with Crippen LogP contribution in [0.25, 0.3) is 0 Å². The first-order valence-electron chi connectivity index (χ1n) is 9.02. The van der Waals surface area contributed by atoms with E-state index in [2.05, 4.69) is 41.4 Å². The van der Waals surface area contributed by atoms with Gasteiger partial charge in [-0.15, -0.1) is 24.0 Å². The van der Waals surface area contributed by atoms with E-state index < -0.39 is 0 Å². The van der Waals surface area contributed by atoms with Crippen LogP contribution in [0.3, 0.4) is 0 Å². The molecule has 0 bridgehead atoms. The van der Waals surface area contributed by atoms with E-state index in [1.54, 1.807) is 7.11 Å². The van der Waals surface area contributed by atoms with Crippen LogP contribution < -0.4 is 10.6 Å². The Bertz CT molecular complexity index is 281. The molecule has 0 fully saturated rings. The first-order valence-corrected chi connectivity index (χ1v) is 9.02. The molecule has 0 aliphatic carbocycles. The standard InChI is InChI=1S/C17H38N4O2.HI/c1-5-7-15-23-16-8-10-19-17(18-6-2)20-11-13-21(3)12-9-14-22-4;/h5-16H2,1-4H3,(H2,18,19,20);1H. The number of ether oxygens (including phenoxy) is 2. The van der Waals surface area contributed by atoms with Crippen LogP contribution in [-0.2, 0) is 9.47 Å². The molecule has 0 aromatic rings. The zero-order valence-corrected chi connectivity index (χ0v) is 18.4. The minimum atomic E-state index is 0. The van der Waals surface area contributed by atoms with Gasteiger partial charge in [0.05, 0.1) is 0 Å². The maximum absolute atomic E-state index is 5.55. The van der Waals surface area contributed by atoms with Crippen molar-refractivity contribution in [3.8, 4) is 0 Å². The van der Waals surface area contributed by atoms with E-state index >= 15 is 0 Å². The van der Waals surface area contributed by atoms with Crippen LogP contribution in [0.1, 0.15) is 39.5 Å². The Morgan fingerprint density at radius 2 is 1.75 bits per heavy atom. The van der Waals surface area contributed by atoms with E-state index in [-0.39, 0.29) is 24.0 Å². The lowest BCUT2D eigenvalue weighted by molar-refractivity contribution is 0.130. The van der Waals surface area contributed by atoms with Gasteiger partial charge in [-0.2, -0.15) is 0 Å². The van der Waals surface area contributed by atoms with Crippen LogP contribution in [0.5, 0.6) is 0 Å². The Morgan fingerprint density at radius 1 is 1.00 bits per heavy atom. The average Bonchev–Trinajstić information content (AvgIpc) is 2.54. The number of hydrogen-bond acceptors (Lipinski definition) is 4. The number of aliphatic imine (C=N–C) groups is 1. The molecule has 0 unspecified atom stereocenters. The number of guanidine groups is 1. The van der Waals surface area contributed by atoms with E-state index in [1.807, 2.05) is 0 Å². The van der Waals surface area contributed by atoms with Gasteiger partial charge in [0.25, 0.3) is 0 Å². The molecule has 0 amide bonds. The molecule has 0 aliphatic rings. The minimum Gasteiger partial charge on any atom is -0.385 e. The van der Waals surface area contributed by atoms with Gasteiger partial charge in [-0.05, 0) is 33.2 Å². The van der Waals surface area contributed by atoms with Crippen molar-refractivity contribution in [2.24, 2.45) is 4.99 Å². The number of nitrogens with one attached hydrogen (secondary N) is 2. The zero-order valence-electron chi connectivity index (χ0n) is 16.1. The number of rotatable bonds is 15. The number of nitrogens with zero attached hydrogens (tertiary/aromatic N) is 2. The van der Waals surface area contributed by atoms with Gasteiger partial charge in [-0.3, -0.25) is 4.99 Å². The van der Waals surface area contributed by atoms with E-state index in [0.717, 1.165) is 77.8 Å². The maximum atomic E-state index is 5.55. The maximum Gasteiger partial charge on any atom is 0.191 e. The molecular weight excluding hydrogens is 419 g/mol. The Labute approximate surface area is 166 Å². The van der Waals surface area contributed by atoms with E-state index in [9.17, 15) is 0 Å². The van der Waals surface area contributed by atoms with Crippen molar-refractivity contribution in [1.29, 1.82) is 0 Å². The lowest BCUT2D eigenvalue weighted by Crippen LogP contribution is -2.41. The second-order valence-corrected chi connectivity index (χ2v) is 5.66. The van der Waals surface area contributed by atoms with Gasteiger partial charge in [-0.1, -0.05) is 13.3 Å². The van der Waals surface area contributed by atoms with Crippen molar-refractivity contribution in [2.45, 2.75) is 39.5 Å². The van der Waals surface area contributed by atoms with Crippen molar-refractivity contribution in [3.05, 3.63) is 0 Å². The Balaban J connectivity index is 0. The third kappa shape index (κ3) is 18.2. The van der Waals surface area contributed by atoms with Gasteiger partial charge < -0.3 is 25.0 Å². The van der Waals surface area contributed by atoms with Crippen molar-refractivity contribution in [3.63, 3.8) is 0 Å². The summed E-state index contributed by atoms with van der Waals surface area (Å²) in [7, 11) is 3.88.